The number of benzene rings is 1. The Kier molecular flexibility index (Phi) is 5.65. The summed E-state index contributed by atoms with van der Waals surface area (Å²) < 4.78 is 10.5. The Hall–Kier alpha value is -2.47. The molecule has 0 saturated heterocycles. The number of nitrogens with two attached hydrogens (primary N) is 1. The van der Waals surface area contributed by atoms with Crippen molar-refractivity contribution in [2.75, 3.05) is 19.0 Å². The molecule has 23 heavy (non-hydrogen) atoms. The third kappa shape index (κ3) is 4.75. The van der Waals surface area contributed by atoms with Crippen LogP contribution < -0.4 is 20.5 Å². The number of hydrogen-bond donors (Lipinski definition) is 2. The van der Waals surface area contributed by atoms with E-state index in [1.165, 1.54) is 7.11 Å². The molecule has 1 amide bonds. The van der Waals surface area contributed by atoms with Crippen LogP contribution >= 0.6 is 11.6 Å². The number of rotatable bonds is 7. The van der Waals surface area contributed by atoms with E-state index < -0.39 is 5.91 Å². The minimum atomic E-state index is -0.584. The van der Waals surface area contributed by atoms with E-state index in [1.54, 1.807) is 18.3 Å². The van der Waals surface area contributed by atoms with Crippen molar-refractivity contribution in [2.45, 2.75) is 13.5 Å². The fourth-order valence-corrected chi connectivity index (χ4v) is 2.21. The Morgan fingerprint density at radius 2 is 2.17 bits per heavy atom. The predicted octanol–water partition coefficient (Wildman–Crippen LogP) is 2.53. The second-order valence-electron chi connectivity index (χ2n) is 4.94. The highest BCUT2D eigenvalue weighted by molar-refractivity contribution is 6.32. The molecule has 0 saturated carbocycles. The molecule has 1 heterocycles. The molecular weight excluding hydrogens is 318 g/mol. The summed E-state index contributed by atoms with van der Waals surface area (Å²) in [7, 11) is 1.50. The lowest BCUT2D eigenvalue weighted by Gasteiger charge is -2.14. The Morgan fingerprint density at radius 3 is 2.78 bits per heavy atom. The lowest BCUT2D eigenvalue weighted by Crippen LogP contribution is -2.20. The minimum absolute atomic E-state index is 0.263. The molecule has 0 unspecified atom stereocenters. The monoisotopic (exact) mass is 335 g/mol. The van der Waals surface area contributed by atoms with Crippen LogP contribution in [0.4, 0.5) is 5.82 Å². The van der Waals surface area contributed by atoms with E-state index in [0.717, 1.165) is 16.9 Å². The summed E-state index contributed by atoms with van der Waals surface area (Å²) in [6.07, 6.45) is 1.79. The molecule has 0 radical (unpaired) electrons. The highest BCUT2D eigenvalue weighted by Gasteiger charge is 2.13. The fourth-order valence-electron chi connectivity index (χ4n) is 1.92. The molecule has 0 aliphatic rings. The number of halogens is 1. The minimum Gasteiger partial charge on any atom is -0.493 e. The first-order valence-corrected chi connectivity index (χ1v) is 7.31. The van der Waals surface area contributed by atoms with Crippen LogP contribution in [0.3, 0.4) is 0 Å². The van der Waals surface area contributed by atoms with Crippen molar-refractivity contribution in [3.05, 3.63) is 46.6 Å². The van der Waals surface area contributed by atoms with Crippen molar-refractivity contribution in [1.29, 1.82) is 0 Å². The number of ether oxygens (including phenoxy) is 2. The van der Waals surface area contributed by atoms with Gasteiger partial charge in [0.05, 0.1) is 12.1 Å². The number of aromatic nitrogens is 1. The molecule has 2 aromatic rings. The van der Waals surface area contributed by atoms with Gasteiger partial charge < -0.3 is 20.5 Å². The summed E-state index contributed by atoms with van der Waals surface area (Å²) in [5.41, 5.74) is 7.05. The van der Waals surface area contributed by atoms with Crippen LogP contribution in [0.5, 0.6) is 11.5 Å². The number of primary amides is 1. The maximum Gasteiger partial charge on any atom is 0.255 e. The van der Waals surface area contributed by atoms with Gasteiger partial charge in [-0.05, 0) is 36.2 Å². The van der Waals surface area contributed by atoms with Crippen molar-refractivity contribution in [3.8, 4) is 11.5 Å². The third-order valence-electron chi connectivity index (χ3n) is 3.03. The van der Waals surface area contributed by atoms with Crippen LogP contribution in [0.2, 0.25) is 5.02 Å². The van der Waals surface area contributed by atoms with E-state index in [-0.39, 0.29) is 6.61 Å². The van der Waals surface area contributed by atoms with Gasteiger partial charge >= 0.3 is 0 Å². The van der Waals surface area contributed by atoms with E-state index in [4.69, 9.17) is 26.8 Å². The van der Waals surface area contributed by atoms with E-state index in [0.29, 0.717) is 23.1 Å². The normalized spacial score (nSPS) is 10.2. The van der Waals surface area contributed by atoms with Gasteiger partial charge in [0.15, 0.2) is 18.1 Å². The molecule has 0 atom stereocenters. The Bertz CT molecular complexity index is 690. The number of anilines is 1. The van der Waals surface area contributed by atoms with Crippen LogP contribution in [0.1, 0.15) is 11.1 Å². The molecule has 122 valence electrons. The van der Waals surface area contributed by atoms with Gasteiger partial charge in [0, 0.05) is 12.7 Å². The molecule has 1 aromatic heterocycles. The van der Waals surface area contributed by atoms with Gasteiger partial charge in [0.2, 0.25) is 0 Å². The average molecular weight is 336 g/mol. The van der Waals surface area contributed by atoms with Crippen molar-refractivity contribution in [2.24, 2.45) is 5.73 Å². The summed E-state index contributed by atoms with van der Waals surface area (Å²) in [4.78, 5) is 15.1. The van der Waals surface area contributed by atoms with E-state index in [2.05, 4.69) is 10.3 Å². The summed E-state index contributed by atoms with van der Waals surface area (Å²) in [6, 6.07) is 7.40. The van der Waals surface area contributed by atoms with Gasteiger partial charge in [-0.25, -0.2) is 4.98 Å². The molecule has 0 aliphatic heterocycles. The standard InChI is InChI=1S/C16H18ClN3O3/c1-10-3-4-15(19-7-10)20-8-11-5-12(17)16(13(6-11)22-2)23-9-14(18)21/h3-7H,8-9H2,1-2H3,(H2,18,21)(H,19,20). The number of pyridine rings is 1. The van der Waals surface area contributed by atoms with Crippen LogP contribution in [0.25, 0.3) is 0 Å². The Labute approximate surface area is 139 Å². The highest BCUT2D eigenvalue weighted by Crippen LogP contribution is 2.36. The molecular formula is C16H18ClN3O3. The smallest absolute Gasteiger partial charge is 0.255 e. The number of nitrogens with zero attached hydrogens (tertiary/aromatic N) is 1. The molecule has 2 rings (SSSR count). The lowest BCUT2D eigenvalue weighted by atomic mass is 10.2. The number of hydrogen-bond acceptors (Lipinski definition) is 5. The number of carbonyl (C=O) groups is 1. The number of methoxy groups -OCH3 is 1. The molecule has 0 fully saturated rings. The molecule has 0 aliphatic carbocycles. The van der Waals surface area contributed by atoms with Crippen LogP contribution in [0, 0.1) is 6.92 Å². The topological polar surface area (TPSA) is 86.5 Å². The van der Waals surface area contributed by atoms with Crippen LogP contribution in [-0.4, -0.2) is 24.6 Å². The first-order chi connectivity index (χ1) is 11.0. The molecule has 0 spiro atoms. The molecule has 3 N–H and O–H groups in total. The maximum atomic E-state index is 10.8. The first-order valence-electron chi connectivity index (χ1n) is 6.93. The Balaban J connectivity index is 2.12. The molecule has 6 nitrogen and oxygen atoms in total. The van der Waals surface area contributed by atoms with Gasteiger partial charge in [-0.1, -0.05) is 17.7 Å². The quantitative estimate of drug-likeness (QED) is 0.812. The second kappa shape index (κ2) is 7.69. The van der Waals surface area contributed by atoms with E-state index in [1.807, 2.05) is 19.1 Å². The molecule has 0 bridgehead atoms. The number of aryl methyl sites for hydroxylation is 1. The molecule has 7 heteroatoms. The summed E-state index contributed by atoms with van der Waals surface area (Å²) >= 11 is 6.20. The van der Waals surface area contributed by atoms with Gasteiger partial charge in [-0.3, -0.25) is 4.79 Å². The number of carbonyl (C=O) groups excluding carboxylic acids is 1. The van der Waals surface area contributed by atoms with Gasteiger partial charge in [-0.15, -0.1) is 0 Å². The van der Waals surface area contributed by atoms with E-state index in [9.17, 15) is 4.79 Å². The largest absolute Gasteiger partial charge is 0.493 e. The SMILES string of the molecule is COc1cc(CNc2ccc(C)cn2)cc(Cl)c1OCC(N)=O. The predicted molar refractivity (Wildman–Crippen MR) is 89.0 cm³/mol. The van der Waals surface area contributed by atoms with Crippen molar-refractivity contribution < 1.29 is 14.3 Å². The zero-order chi connectivity index (χ0) is 16.8. The average Bonchev–Trinajstić information content (AvgIpc) is 2.52. The Morgan fingerprint density at radius 1 is 1.39 bits per heavy atom. The third-order valence-corrected chi connectivity index (χ3v) is 3.31. The van der Waals surface area contributed by atoms with E-state index >= 15 is 0 Å². The zero-order valence-corrected chi connectivity index (χ0v) is 13.7. The van der Waals surface area contributed by atoms with Crippen LogP contribution in [-0.2, 0) is 11.3 Å². The van der Waals surface area contributed by atoms with Gasteiger partial charge in [0.25, 0.3) is 5.91 Å². The summed E-state index contributed by atoms with van der Waals surface area (Å²) in [5, 5.41) is 3.54. The van der Waals surface area contributed by atoms with Crippen LogP contribution in [0.15, 0.2) is 30.5 Å². The first kappa shape index (κ1) is 16.9. The molecule has 1 aromatic carbocycles. The van der Waals surface area contributed by atoms with Crippen molar-refractivity contribution in [3.63, 3.8) is 0 Å². The zero-order valence-electron chi connectivity index (χ0n) is 12.9. The highest BCUT2D eigenvalue weighted by atomic mass is 35.5. The number of nitrogens with one attached hydrogen (secondary N) is 1. The second-order valence-corrected chi connectivity index (χ2v) is 5.35. The van der Waals surface area contributed by atoms with Gasteiger partial charge in [0.1, 0.15) is 5.82 Å². The van der Waals surface area contributed by atoms with Crippen molar-refractivity contribution in [1.82, 2.24) is 4.98 Å². The maximum absolute atomic E-state index is 10.8. The van der Waals surface area contributed by atoms with Gasteiger partial charge in [-0.2, -0.15) is 0 Å². The summed E-state index contributed by atoms with van der Waals surface area (Å²) in [6.45, 7) is 2.23. The lowest BCUT2D eigenvalue weighted by molar-refractivity contribution is -0.119. The van der Waals surface area contributed by atoms with Crippen molar-refractivity contribution >= 4 is 23.3 Å². The fraction of sp³-hybridized carbons (Fsp3) is 0.250. The summed E-state index contributed by atoms with van der Waals surface area (Å²) in [5.74, 6) is 0.914. The number of amides is 1.